The van der Waals surface area contributed by atoms with Crippen LogP contribution in [-0.4, -0.2) is 21.0 Å². The molecule has 7 nitrogen and oxygen atoms in total. The van der Waals surface area contributed by atoms with E-state index in [1.165, 1.54) is 18.7 Å². The molecule has 21 heavy (non-hydrogen) atoms. The number of nitrogen functional groups attached to an aromatic ring is 1. The summed E-state index contributed by atoms with van der Waals surface area (Å²) in [6, 6.07) is 9.45. The molecular weight excluding hydrogens is 270 g/mol. The molecule has 0 unspecified atom stereocenters. The topological polar surface area (TPSA) is 107 Å². The second-order valence-corrected chi connectivity index (χ2v) is 4.22. The maximum atomic E-state index is 11.8. The van der Waals surface area contributed by atoms with Gasteiger partial charge in [-0.15, -0.1) is 0 Å². The maximum absolute atomic E-state index is 11.8. The largest absolute Gasteiger partial charge is 0.382 e. The van der Waals surface area contributed by atoms with Crippen LogP contribution >= 0.6 is 0 Å². The Morgan fingerprint density at radius 1 is 1.19 bits per heavy atom. The Kier molecular flexibility index (Phi) is 3.30. The quantitative estimate of drug-likeness (QED) is 0.760. The van der Waals surface area contributed by atoms with Gasteiger partial charge in [-0.1, -0.05) is 35.5 Å². The van der Waals surface area contributed by atoms with Crippen LogP contribution in [0.1, 0.15) is 10.4 Å². The molecule has 3 N–H and O–H groups in total. The molecule has 0 bridgehead atoms. The third-order valence-electron chi connectivity index (χ3n) is 2.78. The van der Waals surface area contributed by atoms with Crippen LogP contribution < -0.4 is 11.1 Å². The lowest BCUT2D eigenvalue weighted by Gasteiger charge is -2.07. The van der Waals surface area contributed by atoms with E-state index in [1.54, 1.807) is 0 Å². The first kappa shape index (κ1) is 12.8. The van der Waals surface area contributed by atoms with Gasteiger partial charge in [-0.25, -0.2) is 9.97 Å². The minimum absolute atomic E-state index is 0.240. The van der Waals surface area contributed by atoms with Gasteiger partial charge >= 0.3 is 0 Å². The first-order valence-corrected chi connectivity index (χ1v) is 6.13. The summed E-state index contributed by atoms with van der Waals surface area (Å²) in [7, 11) is 0. The molecule has 3 aromatic rings. The van der Waals surface area contributed by atoms with Crippen molar-refractivity contribution in [3.05, 3.63) is 54.6 Å². The number of carbonyl (C=O) groups is 1. The highest BCUT2D eigenvalue weighted by Crippen LogP contribution is 2.22. The standard InChI is InChI=1S/C14H11N5O2/c15-13-12(9-4-2-1-3-5-9)16-7-11(18-13)19-14(20)10-6-17-21-8-10/h1-8H,(H3,15,18,19,20). The number of anilines is 2. The van der Waals surface area contributed by atoms with Crippen molar-refractivity contribution >= 4 is 17.5 Å². The highest BCUT2D eigenvalue weighted by molar-refractivity contribution is 6.03. The summed E-state index contributed by atoms with van der Waals surface area (Å²) < 4.78 is 4.60. The summed E-state index contributed by atoms with van der Waals surface area (Å²) in [5, 5.41) is 6.03. The summed E-state index contributed by atoms with van der Waals surface area (Å²) >= 11 is 0. The minimum Gasteiger partial charge on any atom is -0.382 e. The molecule has 2 aromatic heterocycles. The van der Waals surface area contributed by atoms with E-state index in [-0.39, 0.29) is 11.6 Å². The minimum atomic E-state index is -0.391. The number of rotatable bonds is 3. The van der Waals surface area contributed by atoms with Crippen LogP contribution in [0, 0.1) is 0 Å². The Morgan fingerprint density at radius 2 is 2.00 bits per heavy atom. The van der Waals surface area contributed by atoms with E-state index < -0.39 is 5.91 Å². The van der Waals surface area contributed by atoms with Gasteiger partial charge in [0.15, 0.2) is 11.6 Å². The van der Waals surface area contributed by atoms with E-state index in [2.05, 4.69) is 25.0 Å². The van der Waals surface area contributed by atoms with Crippen LogP contribution in [-0.2, 0) is 0 Å². The summed E-state index contributed by atoms with van der Waals surface area (Å²) in [5.41, 5.74) is 7.61. The van der Waals surface area contributed by atoms with E-state index in [4.69, 9.17) is 5.73 Å². The number of amides is 1. The van der Waals surface area contributed by atoms with Gasteiger partial charge in [0.25, 0.3) is 5.91 Å². The van der Waals surface area contributed by atoms with Crippen LogP contribution in [0.3, 0.4) is 0 Å². The fourth-order valence-corrected chi connectivity index (χ4v) is 1.79. The van der Waals surface area contributed by atoms with E-state index in [0.29, 0.717) is 11.3 Å². The Morgan fingerprint density at radius 3 is 2.67 bits per heavy atom. The Bertz CT molecular complexity index is 756. The highest BCUT2D eigenvalue weighted by atomic mass is 16.5. The van der Waals surface area contributed by atoms with Crippen molar-refractivity contribution in [1.82, 2.24) is 15.1 Å². The molecule has 0 radical (unpaired) electrons. The van der Waals surface area contributed by atoms with Crippen molar-refractivity contribution < 1.29 is 9.32 Å². The summed E-state index contributed by atoms with van der Waals surface area (Å²) in [6.45, 7) is 0. The van der Waals surface area contributed by atoms with Gasteiger partial charge in [0.05, 0.1) is 18.0 Å². The van der Waals surface area contributed by atoms with E-state index in [0.717, 1.165) is 5.56 Å². The highest BCUT2D eigenvalue weighted by Gasteiger charge is 2.11. The van der Waals surface area contributed by atoms with Gasteiger partial charge in [0, 0.05) is 5.56 Å². The predicted octanol–water partition coefficient (Wildman–Crippen LogP) is 1.97. The van der Waals surface area contributed by atoms with Gasteiger partial charge in [0.1, 0.15) is 12.0 Å². The Labute approximate surface area is 119 Å². The van der Waals surface area contributed by atoms with Crippen molar-refractivity contribution in [3.63, 3.8) is 0 Å². The zero-order valence-corrected chi connectivity index (χ0v) is 10.9. The van der Waals surface area contributed by atoms with Crippen molar-refractivity contribution in [2.45, 2.75) is 0 Å². The monoisotopic (exact) mass is 281 g/mol. The molecule has 0 saturated heterocycles. The fraction of sp³-hybridized carbons (Fsp3) is 0. The van der Waals surface area contributed by atoms with Gasteiger partial charge in [-0.05, 0) is 0 Å². The molecule has 0 fully saturated rings. The van der Waals surface area contributed by atoms with Crippen molar-refractivity contribution in [2.75, 3.05) is 11.1 Å². The van der Waals surface area contributed by atoms with E-state index in [9.17, 15) is 4.79 Å². The summed E-state index contributed by atoms with van der Waals surface area (Å²) in [4.78, 5) is 20.2. The molecule has 0 spiro atoms. The lowest BCUT2D eigenvalue weighted by Crippen LogP contribution is -2.13. The van der Waals surface area contributed by atoms with Crippen LogP contribution in [0.25, 0.3) is 11.3 Å². The first-order chi connectivity index (χ1) is 10.2. The van der Waals surface area contributed by atoms with Crippen LogP contribution in [0.5, 0.6) is 0 Å². The van der Waals surface area contributed by atoms with Gasteiger partial charge in [-0.2, -0.15) is 0 Å². The Hall–Kier alpha value is -3.22. The first-order valence-electron chi connectivity index (χ1n) is 6.13. The van der Waals surface area contributed by atoms with Crippen LogP contribution in [0.2, 0.25) is 0 Å². The van der Waals surface area contributed by atoms with Gasteiger partial charge < -0.3 is 15.6 Å². The molecule has 0 saturated carbocycles. The maximum Gasteiger partial charge on any atom is 0.261 e. The lowest BCUT2D eigenvalue weighted by atomic mass is 10.1. The molecular formula is C14H11N5O2. The number of nitrogens with one attached hydrogen (secondary N) is 1. The molecule has 2 heterocycles. The number of carbonyl (C=O) groups excluding carboxylic acids is 1. The van der Waals surface area contributed by atoms with E-state index >= 15 is 0 Å². The number of hydrogen-bond donors (Lipinski definition) is 2. The second-order valence-electron chi connectivity index (χ2n) is 4.22. The predicted molar refractivity (Wildman–Crippen MR) is 76.3 cm³/mol. The second kappa shape index (κ2) is 5.41. The molecule has 3 rings (SSSR count). The molecule has 0 atom stereocenters. The van der Waals surface area contributed by atoms with Gasteiger partial charge in [0.2, 0.25) is 0 Å². The van der Waals surface area contributed by atoms with Crippen molar-refractivity contribution in [3.8, 4) is 11.3 Å². The molecule has 1 amide bonds. The Balaban J connectivity index is 1.83. The molecule has 0 aliphatic heterocycles. The normalized spacial score (nSPS) is 10.3. The average Bonchev–Trinajstić information content (AvgIpc) is 3.02. The zero-order chi connectivity index (χ0) is 14.7. The summed E-state index contributed by atoms with van der Waals surface area (Å²) in [6.07, 6.45) is 4.00. The number of benzene rings is 1. The number of aromatic nitrogens is 3. The SMILES string of the molecule is Nc1nc(NC(=O)c2cnoc2)cnc1-c1ccccc1. The lowest BCUT2D eigenvalue weighted by molar-refractivity contribution is 0.102. The van der Waals surface area contributed by atoms with Crippen LogP contribution in [0.15, 0.2) is 53.5 Å². The molecule has 7 heteroatoms. The molecule has 0 aliphatic carbocycles. The number of nitrogens with zero attached hydrogens (tertiary/aromatic N) is 3. The molecule has 1 aromatic carbocycles. The zero-order valence-electron chi connectivity index (χ0n) is 10.9. The molecule has 104 valence electrons. The number of nitrogens with two attached hydrogens (primary N) is 1. The van der Waals surface area contributed by atoms with Crippen molar-refractivity contribution in [2.24, 2.45) is 0 Å². The fourth-order valence-electron chi connectivity index (χ4n) is 1.79. The number of hydrogen-bond acceptors (Lipinski definition) is 6. The van der Waals surface area contributed by atoms with E-state index in [1.807, 2.05) is 30.3 Å². The smallest absolute Gasteiger partial charge is 0.261 e. The molecule has 0 aliphatic rings. The third-order valence-corrected chi connectivity index (χ3v) is 2.78. The average molecular weight is 281 g/mol. The van der Waals surface area contributed by atoms with Crippen LogP contribution in [0.4, 0.5) is 11.6 Å². The van der Waals surface area contributed by atoms with Gasteiger partial charge in [-0.3, -0.25) is 4.79 Å². The third kappa shape index (κ3) is 2.71. The van der Waals surface area contributed by atoms with Crippen molar-refractivity contribution in [1.29, 1.82) is 0 Å². The summed E-state index contributed by atoms with van der Waals surface area (Å²) in [5.74, 6) is 0.111.